The number of aromatic nitrogens is 1. The van der Waals surface area contributed by atoms with Crippen LogP contribution >= 0.6 is 0 Å². The molecule has 0 aliphatic carbocycles. The lowest BCUT2D eigenvalue weighted by molar-refractivity contribution is -0.140. The highest BCUT2D eigenvalue weighted by atomic mass is 16.5. The number of aliphatic hydroxyl groups excluding tert-OH is 1. The zero-order chi connectivity index (χ0) is 25.2. The van der Waals surface area contributed by atoms with Crippen molar-refractivity contribution in [2.45, 2.75) is 45.4 Å². The van der Waals surface area contributed by atoms with Crippen molar-refractivity contribution in [2.75, 3.05) is 6.61 Å². The van der Waals surface area contributed by atoms with Crippen LogP contribution in [0.4, 0.5) is 0 Å². The Morgan fingerprint density at radius 3 is 2.72 bits per heavy atom. The van der Waals surface area contributed by atoms with Gasteiger partial charge in [0.25, 0.3) is 11.7 Å². The maximum atomic E-state index is 13.4. The molecule has 1 saturated heterocycles. The molecule has 3 aromatic rings. The Labute approximate surface area is 210 Å². The maximum Gasteiger partial charge on any atom is 0.295 e. The molecular formula is C29H28N2O5. The number of Topliss-reactive ketones (excluding diaryl/α,β-unsaturated/α-hetero) is 1. The average molecular weight is 485 g/mol. The van der Waals surface area contributed by atoms with Crippen LogP contribution in [0.15, 0.2) is 72.6 Å². The van der Waals surface area contributed by atoms with Crippen LogP contribution in [-0.4, -0.2) is 39.4 Å². The summed E-state index contributed by atoms with van der Waals surface area (Å²) in [5, 5.41) is 11.4. The van der Waals surface area contributed by atoms with Crippen molar-refractivity contribution in [3.63, 3.8) is 0 Å². The lowest BCUT2D eigenvalue weighted by atomic mass is 9.94. The monoisotopic (exact) mass is 484 g/mol. The molecule has 36 heavy (non-hydrogen) atoms. The third-order valence-corrected chi connectivity index (χ3v) is 6.46. The first-order chi connectivity index (χ1) is 17.5. The van der Waals surface area contributed by atoms with Crippen LogP contribution in [0.5, 0.6) is 11.5 Å². The highest BCUT2D eigenvalue weighted by molar-refractivity contribution is 6.46. The molecule has 2 atom stereocenters. The fourth-order valence-corrected chi connectivity index (χ4v) is 4.79. The lowest BCUT2D eigenvalue weighted by Crippen LogP contribution is -2.29. The fraction of sp³-hybridized carbons (Fsp3) is 0.276. The van der Waals surface area contributed by atoms with E-state index < -0.39 is 17.7 Å². The Bertz CT molecular complexity index is 1330. The van der Waals surface area contributed by atoms with Crippen molar-refractivity contribution in [2.24, 2.45) is 0 Å². The molecule has 7 heteroatoms. The highest BCUT2D eigenvalue weighted by Crippen LogP contribution is 2.42. The Hall–Kier alpha value is -4.13. The Morgan fingerprint density at radius 1 is 1.14 bits per heavy atom. The van der Waals surface area contributed by atoms with E-state index in [0.717, 1.165) is 23.3 Å². The predicted octanol–water partition coefficient (Wildman–Crippen LogP) is 4.82. The van der Waals surface area contributed by atoms with Crippen LogP contribution in [0.3, 0.4) is 0 Å². The second-order valence-electron chi connectivity index (χ2n) is 9.16. The zero-order valence-corrected chi connectivity index (χ0v) is 20.3. The quantitative estimate of drug-likeness (QED) is 0.294. The van der Waals surface area contributed by atoms with E-state index in [4.69, 9.17) is 9.47 Å². The molecule has 184 valence electrons. The summed E-state index contributed by atoms with van der Waals surface area (Å²) in [6.07, 6.45) is 4.91. The molecule has 1 fully saturated rings. The molecular weight excluding hydrogens is 456 g/mol. The first-order valence-corrected chi connectivity index (χ1v) is 12.2. The summed E-state index contributed by atoms with van der Waals surface area (Å²) in [5.41, 5.74) is 3.03. The van der Waals surface area contributed by atoms with Crippen molar-refractivity contribution < 1.29 is 24.2 Å². The van der Waals surface area contributed by atoms with Gasteiger partial charge in [0.15, 0.2) is 0 Å². The van der Waals surface area contributed by atoms with Gasteiger partial charge in [0.1, 0.15) is 23.4 Å². The first-order valence-electron chi connectivity index (χ1n) is 12.2. The Morgan fingerprint density at radius 2 is 1.94 bits per heavy atom. The lowest BCUT2D eigenvalue weighted by Gasteiger charge is -2.26. The van der Waals surface area contributed by atoms with Gasteiger partial charge in [0, 0.05) is 30.9 Å². The van der Waals surface area contributed by atoms with Crippen LogP contribution < -0.4 is 9.47 Å². The second kappa shape index (κ2) is 9.85. The Kier molecular flexibility index (Phi) is 6.46. The minimum absolute atomic E-state index is 0.0502. The molecule has 1 N–H and O–H groups in total. The van der Waals surface area contributed by atoms with Gasteiger partial charge in [-0.15, -0.1) is 0 Å². The highest BCUT2D eigenvalue weighted by Gasteiger charge is 2.46. The van der Waals surface area contributed by atoms with Gasteiger partial charge in [-0.1, -0.05) is 19.1 Å². The molecule has 7 nitrogen and oxygen atoms in total. The summed E-state index contributed by atoms with van der Waals surface area (Å²) in [6.45, 7) is 4.76. The van der Waals surface area contributed by atoms with Crippen LogP contribution in [0, 0.1) is 0 Å². The molecule has 1 amide bonds. The van der Waals surface area contributed by atoms with E-state index in [9.17, 15) is 14.7 Å². The zero-order valence-electron chi connectivity index (χ0n) is 20.3. The molecule has 2 aliphatic heterocycles. The minimum Gasteiger partial charge on any atom is -0.507 e. The number of ketones is 1. The van der Waals surface area contributed by atoms with Gasteiger partial charge >= 0.3 is 0 Å². The number of amides is 1. The third kappa shape index (κ3) is 4.44. The van der Waals surface area contributed by atoms with Gasteiger partial charge in [-0.05, 0) is 72.5 Å². The molecule has 3 heterocycles. The van der Waals surface area contributed by atoms with Gasteiger partial charge in [-0.2, -0.15) is 0 Å². The van der Waals surface area contributed by atoms with Crippen LogP contribution in [-0.2, 0) is 22.6 Å². The minimum atomic E-state index is -0.772. The van der Waals surface area contributed by atoms with Crippen LogP contribution in [0.2, 0.25) is 0 Å². The van der Waals surface area contributed by atoms with Crippen LogP contribution in [0.1, 0.15) is 48.6 Å². The summed E-state index contributed by atoms with van der Waals surface area (Å²) in [7, 11) is 0. The van der Waals surface area contributed by atoms with Crippen molar-refractivity contribution in [3.05, 3.63) is 94.8 Å². The van der Waals surface area contributed by atoms with Crippen molar-refractivity contribution in [1.82, 2.24) is 9.88 Å². The van der Waals surface area contributed by atoms with E-state index in [0.29, 0.717) is 29.9 Å². The number of benzene rings is 2. The summed E-state index contributed by atoms with van der Waals surface area (Å²) in [5.74, 6) is -0.146. The second-order valence-corrected chi connectivity index (χ2v) is 9.16. The number of fused-ring (bicyclic) bond motifs is 1. The Balaban J connectivity index is 1.61. The largest absolute Gasteiger partial charge is 0.507 e. The van der Waals surface area contributed by atoms with E-state index in [1.54, 1.807) is 36.7 Å². The van der Waals surface area contributed by atoms with Gasteiger partial charge in [-0.3, -0.25) is 14.6 Å². The average Bonchev–Trinajstić information content (AvgIpc) is 3.39. The SMILES string of the molecule is CCCOc1cccc([C@@H]2C(=C(O)c3ccc4c(c3)C[C@H](C)O4)C(=O)C(=O)N2Cc2ccncc2)c1. The molecule has 0 saturated carbocycles. The van der Waals surface area contributed by atoms with E-state index in [1.807, 2.05) is 44.2 Å². The van der Waals surface area contributed by atoms with E-state index >= 15 is 0 Å². The molecule has 2 aliphatic rings. The topological polar surface area (TPSA) is 89.0 Å². The fourth-order valence-electron chi connectivity index (χ4n) is 4.79. The third-order valence-electron chi connectivity index (χ3n) is 6.46. The number of carbonyl (C=O) groups excluding carboxylic acids is 2. The van der Waals surface area contributed by atoms with Gasteiger partial charge < -0.3 is 19.5 Å². The molecule has 0 bridgehead atoms. The first kappa shape index (κ1) is 23.6. The summed E-state index contributed by atoms with van der Waals surface area (Å²) in [6, 6.07) is 15.6. The number of ether oxygens (including phenoxy) is 2. The number of aliphatic hydroxyl groups is 1. The van der Waals surface area contributed by atoms with Crippen LogP contribution in [0.25, 0.3) is 5.76 Å². The van der Waals surface area contributed by atoms with Crippen molar-refractivity contribution in [1.29, 1.82) is 0 Å². The summed E-state index contributed by atoms with van der Waals surface area (Å²) >= 11 is 0. The summed E-state index contributed by atoms with van der Waals surface area (Å²) < 4.78 is 11.6. The van der Waals surface area contributed by atoms with E-state index in [1.165, 1.54) is 4.90 Å². The number of nitrogens with zero attached hydrogens (tertiary/aromatic N) is 2. The standard InChI is InChI=1S/C29H28N2O5/c1-3-13-35-23-6-4-5-20(16-23)26-25(27(32)21-7-8-24-22(15-21)14-18(2)36-24)28(33)29(34)31(26)17-19-9-11-30-12-10-19/h4-12,15-16,18,26,32H,3,13-14,17H2,1-2H3/t18-,26+/m0/s1. The van der Waals surface area contributed by atoms with Gasteiger partial charge in [-0.25, -0.2) is 0 Å². The number of likely N-dealkylation sites (tertiary alicyclic amines) is 1. The van der Waals surface area contributed by atoms with Crippen molar-refractivity contribution in [3.8, 4) is 11.5 Å². The van der Waals surface area contributed by atoms with E-state index in [-0.39, 0.29) is 24.0 Å². The number of hydrogen-bond donors (Lipinski definition) is 1. The van der Waals surface area contributed by atoms with E-state index in [2.05, 4.69) is 4.98 Å². The molecule has 0 unspecified atom stereocenters. The number of rotatable bonds is 7. The number of hydrogen-bond acceptors (Lipinski definition) is 6. The molecule has 2 aromatic carbocycles. The molecule has 5 rings (SSSR count). The molecule has 0 radical (unpaired) electrons. The normalized spacial score (nSPS) is 20.3. The predicted molar refractivity (Wildman–Crippen MR) is 135 cm³/mol. The van der Waals surface area contributed by atoms with Gasteiger partial charge in [0.2, 0.25) is 0 Å². The molecule has 1 aromatic heterocycles. The smallest absolute Gasteiger partial charge is 0.295 e. The number of pyridine rings is 1. The van der Waals surface area contributed by atoms with Crippen molar-refractivity contribution >= 4 is 17.4 Å². The maximum absolute atomic E-state index is 13.4. The van der Waals surface area contributed by atoms with Gasteiger partial charge in [0.05, 0.1) is 18.2 Å². The molecule has 0 spiro atoms. The number of carbonyl (C=O) groups is 2. The summed E-state index contributed by atoms with van der Waals surface area (Å²) in [4.78, 5) is 32.2.